The molecule has 5 heteroatoms. The Kier molecular flexibility index (Phi) is 6.72. The lowest BCUT2D eigenvalue weighted by atomic mass is 9.73. The molecule has 1 atom stereocenters. The highest BCUT2D eigenvalue weighted by molar-refractivity contribution is 6.12. The van der Waals surface area contributed by atoms with E-state index < -0.39 is 6.04 Å². The highest BCUT2D eigenvalue weighted by atomic mass is 16.5. The highest BCUT2D eigenvalue weighted by Gasteiger charge is 2.44. The van der Waals surface area contributed by atoms with Crippen molar-refractivity contribution in [2.24, 2.45) is 5.41 Å². The molecule has 0 fully saturated rings. The second kappa shape index (κ2) is 10.5. The van der Waals surface area contributed by atoms with Gasteiger partial charge in [-0.25, -0.2) is 0 Å². The number of Topliss-reactive ketones (excluding diaryl/α,β-unsaturated/α-hetero) is 1. The second-order valence-electron chi connectivity index (χ2n) is 11.2. The number of ether oxygens (including phenoxy) is 1. The Bertz CT molecular complexity index is 1590. The number of anilines is 2. The van der Waals surface area contributed by atoms with E-state index in [-0.39, 0.29) is 17.1 Å². The summed E-state index contributed by atoms with van der Waals surface area (Å²) < 4.78 is 6.40. The number of ketones is 1. The molecule has 1 N–H and O–H groups in total. The van der Waals surface area contributed by atoms with Gasteiger partial charge in [0.05, 0.1) is 17.4 Å². The topological polar surface area (TPSA) is 58.6 Å². The van der Waals surface area contributed by atoms with E-state index in [0.29, 0.717) is 36.3 Å². The van der Waals surface area contributed by atoms with E-state index in [2.05, 4.69) is 19.2 Å². The quantitative estimate of drug-likeness (QED) is 0.288. The SMILES string of the molecule is CC1(C)CC(=O)C2=C(C1)Nc1ccccc1N(C(=O)c1ccccc1)[C@H]2c1ccccc1OCc1ccccc1. The number of fused-ring (bicyclic) bond motifs is 1. The molecule has 5 nitrogen and oxygen atoms in total. The van der Waals surface area contributed by atoms with Crippen molar-refractivity contribution >= 4 is 23.1 Å². The Labute approximate surface area is 235 Å². The number of rotatable bonds is 5. The summed E-state index contributed by atoms with van der Waals surface area (Å²) in [5.41, 5.74) is 5.17. The molecule has 0 spiro atoms. The maximum Gasteiger partial charge on any atom is 0.259 e. The number of benzene rings is 4. The van der Waals surface area contributed by atoms with E-state index in [1.807, 2.05) is 109 Å². The lowest BCUT2D eigenvalue weighted by molar-refractivity contribution is -0.118. The van der Waals surface area contributed by atoms with Crippen LogP contribution in [0.2, 0.25) is 0 Å². The van der Waals surface area contributed by atoms with Crippen molar-refractivity contribution in [2.75, 3.05) is 10.2 Å². The summed E-state index contributed by atoms with van der Waals surface area (Å²) in [6.45, 7) is 4.61. The summed E-state index contributed by atoms with van der Waals surface area (Å²) in [4.78, 5) is 30.3. The lowest BCUT2D eigenvalue weighted by Gasteiger charge is -2.37. The predicted octanol–water partition coefficient (Wildman–Crippen LogP) is 7.72. The summed E-state index contributed by atoms with van der Waals surface area (Å²) in [5, 5.41) is 3.58. The standard InChI is InChI=1S/C35H32N2O3/c1-35(2)21-28-32(30(38)22-35)33(26-17-9-12-20-31(26)40-23-24-13-5-3-6-14-24)37(29-19-11-10-18-27(29)36-28)34(39)25-15-7-4-8-16-25/h3-20,33,36H,21-23H2,1-2H3/t33-/m0/s1. The van der Waals surface area contributed by atoms with Crippen molar-refractivity contribution in [3.05, 3.63) is 137 Å². The van der Waals surface area contributed by atoms with Gasteiger partial charge >= 0.3 is 0 Å². The second-order valence-corrected chi connectivity index (χ2v) is 11.2. The van der Waals surface area contributed by atoms with Crippen molar-refractivity contribution in [1.82, 2.24) is 0 Å². The first kappa shape index (κ1) is 25.6. The number of amides is 1. The van der Waals surface area contributed by atoms with Gasteiger partial charge in [0.15, 0.2) is 5.78 Å². The molecule has 0 saturated carbocycles. The van der Waals surface area contributed by atoms with Crippen LogP contribution in [-0.2, 0) is 11.4 Å². The molecule has 1 aliphatic heterocycles. The van der Waals surface area contributed by atoms with Crippen LogP contribution in [0.15, 0.2) is 120 Å². The van der Waals surface area contributed by atoms with E-state index >= 15 is 0 Å². The summed E-state index contributed by atoms with van der Waals surface area (Å²) in [5.74, 6) is 0.510. The van der Waals surface area contributed by atoms with E-state index in [1.165, 1.54) is 0 Å². The minimum atomic E-state index is -0.672. The molecule has 1 aliphatic carbocycles. The zero-order chi connectivity index (χ0) is 27.7. The van der Waals surface area contributed by atoms with E-state index in [1.54, 1.807) is 4.90 Å². The van der Waals surface area contributed by atoms with Crippen LogP contribution in [-0.4, -0.2) is 11.7 Å². The fourth-order valence-electron chi connectivity index (χ4n) is 5.80. The fraction of sp³-hybridized carbons (Fsp3) is 0.200. The number of carbonyl (C=O) groups excluding carboxylic acids is 2. The van der Waals surface area contributed by atoms with Crippen LogP contribution in [0.3, 0.4) is 0 Å². The summed E-state index contributed by atoms with van der Waals surface area (Å²) in [6, 6.07) is 34.1. The number of para-hydroxylation sites is 3. The average Bonchev–Trinajstić information content (AvgIpc) is 3.10. The Morgan fingerprint density at radius 3 is 2.27 bits per heavy atom. The monoisotopic (exact) mass is 528 g/mol. The molecule has 1 amide bonds. The number of hydrogen-bond donors (Lipinski definition) is 1. The molecule has 4 aromatic carbocycles. The first-order valence-electron chi connectivity index (χ1n) is 13.7. The number of nitrogens with zero attached hydrogens (tertiary/aromatic N) is 1. The molecule has 0 bridgehead atoms. The van der Waals surface area contributed by atoms with Crippen LogP contribution in [0.1, 0.15) is 54.2 Å². The van der Waals surface area contributed by atoms with Gasteiger partial charge in [-0.1, -0.05) is 92.7 Å². The Hall–Kier alpha value is -4.64. The molecule has 200 valence electrons. The van der Waals surface area contributed by atoms with Gasteiger partial charge < -0.3 is 10.1 Å². The fourth-order valence-corrected chi connectivity index (χ4v) is 5.80. The van der Waals surface area contributed by atoms with Gasteiger partial charge in [-0.05, 0) is 47.7 Å². The normalized spacial score (nSPS) is 17.8. The van der Waals surface area contributed by atoms with Crippen molar-refractivity contribution in [3.8, 4) is 5.75 Å². The van der Waals surface area contributed by atoms with Crippen molar-refractivity contribution < 1.29 is 14.3 Å². The molecular weight excluding hydrogens is 496 g/mol. The first-order chi connectivity index (χ1) is 19.4. The third kappa shape index (κ3) is 4.91. The molecule has 4 aromatic rings. The number of allylic oxidation sites excluding steroid dienone is 1. The van der Waals surface area contributed by atoms with Gasteiger partial charge in [0, 0.05) is 28.8 Å². The van der Waals surface area contributed by atoms with Crippen LogP contribution in [0.25, 0.3) is 0 Å². The van der Waals surface area contributed by atoms with E-state index in [9.17, 15) is 9.59 Å². The van der Waals surface area contributed by atoms with Crippen LogP contribution in [0, 0.1) is 5.41 Å². The lowest BCUT2D eigenvalue weighted by Crippen LogP contribution is -2.39. The molecule has 0 radical (unpaired) electrons. The van der Waals surface area contributed by atoms with Gasteiger partial charge in [-0.3, -0.25) is 14.5 Å². The van der Waals surface area contributed by atoms with Crippen LogP contribution < -0.4 is 15.0 Å². The smallest absolute Gasteiger partial charge is 0.259 e. The number of nitrogens with one attached hydrogen (secondary N) is 1. The largest absolute Gasteiger partial charge is 0.489 e. The number of carbonyl (C=O) groups is 2. The third-order valence-corrected chi connectivity index (χ3v) is 7.59. The van der Waals surface area contributed by atoms with Crippen LogP contribution >= 0.6 is 0 Å². The zero-order valence-electron chi connectivity index (χ0n) is 22.8. The van der Waals surface area contributed by atoms with Crippen molar-refractivity contribution in [3.63, 3.8) is 0 Å². The minimum absolute atomic E-state index is 0.0419. The maximum absolute atomic E-state index is 14.4. The average molecular weight is 529 g/mol. The third-order valence-electron chi connectivity index (χ3n) is 7.59. The number of hydrogen-bond acceptors (Lipinski definition) is 4. The van der Waals surface area contributed by atoms with Gasteiger partial charge in [-0.15, -0.1) is 0 Å². The molecule has 0 aromatic heterocycles. The van der Waals surface area contributed by atoms with Gasteiger partial charge in [-0.2, -0.15) is 0 Å². The summed E-state index contributed by atoms with van der Waals surface area (Å²) >= 11 is 0. The Balaban J connectivity index is 1.56. The summed E-state index contributed by atoms with van der Waals surface area (Å²) in [7, 11) is 0. The maximum atomic E-state index is 14.4. The molecule has 0 saturated heterocycles. The predicted molar refractivity (Wildman–Crippen MR) is 158 cm³/mol. The molecule has 0 unspecified atom stereocenters. The van der Waals surface area contributed by atoms with Gasteiger partial charge in [0.2, 0.25) is 0 Å². The van der Waals surface area contributed by atoms with Crippen molar-refractivity contribution in [1.29, 1.82) is 0 Å². The minimum Gasteiger partial charge on any atom is -0.489 e. The molecule has 1 heterocycles. The molecule has 40 heavy (non-hydrogen) atoms. The van der Waals surface area contributed by atoms with E-state index in [0.717, 1.165) is 28.2 Å². The van der Waals surface area contributed by atoms with Gasteiger partial charge in [0.25, 0.3) is 5.91 Å². The Morgan fingerprint density at radius 1 is 0.850 bits per heavy atom. The molecular formula is C35H32N2O3. The first-order valence-corrected chi connectivity index (χ1v) is 13.7. The molecule has 6 rings (SSSR count). The Morgan fingerprint density at radius 2 is 1.50 bits per heavy atom. The molecule has 2 aliphatic rings. The van der Waals surface area contributed by atoms with Crippen LogP contribution in [0.4, 0.5) is 11.4 Å². The van der Waals surface area contributed by atoms with Gasteiger partial charge in [0.1, 0.15) is 12.4 Å². The van der Waals surface area contributed by atoms with Crippen LogP contribution in [0.5, 0.6) is 5.75 Å². The highest BCUT2D eigenvalue weighted by Crippen LogP contribution is 2.50. The van der Waals surface area contributed by atoms with Crippen molar-refractivity contribution in [2.45, 2.75) is 39.3 Å². The zero-order valence-corrected chi connectivity index (χ0v) is 22.8. The summed E-state index contributed by atoms with van der Waals surface area (Å²) in [6.07, 6.45) is 1.10. The van der Waals surface area contributed by atoms with E-state index in [4.69, 9.17) is 4.74 Å².